The molecule has 3 atom stereocenters. The Labute approximate surface area is 176 Å². The number of benzene rings is 1. The van der Waals surface area contributed by atoms with Crippen LogP contribution in [0, 0.1) is 25.7 Å². The number of hydrogen-bond donors (Lipinski definition) is 1. The summed E-state index contributed by atoms with van der Waals surface area (Å²) in [5.74, 6) is 1.81. The van der Waals surface area contributed by atoms with Crippen LogP contribution in [-0.4, -0.2) is 50.7 Å². The van der Waals surface area contributed by atoms with E-state index in [9.17, 15) is 4.79 Å². The molecule has 1 amide bonds. The predicted octanol–water partition coefficient (Wildman–Crippen LogP) is 2.89. The molecule has 5 rings (SSSR count). The van der Waals surface area contributed by atoms with Gasteiger partial charge in [-0.2, -0.15) is 5.10 Å². The van der Waals surface area contributed by atoms with Crippen LogP contribution in [0.1, 0.15) is 34.3 Å². The summed E-state index contributed by atoms with van der Waals surface area (Å²) in [6.45, 7) is 7.44. The monoisotopic (exact) mass is 405 g/mol. The molecule has 2 fully saturated rings. The first-order chi connectivity index (χ1) is 14.6. The molecule has 0 bridgehead atoms. The topological polar surface area (TPSA) is 78.3 Å². The number of likely N-dealkylation sites (tertiary alicyclic amines) is 2. The second kappa shape index (κ2) is 7.72. The summed E-state index contributed by atoms with van der Waals surface area (Å²) in [5, 5.41) is 11.1. The molecule has 0 unspecified atom stereocenters. The molecule has 2 aromatic heterocycles. The molecule has 2 aliphatic heterocycles. The molecule has 0 radical (unpaired) electrons. The number of nitrogens with zero attached hydrogens (tertiary/aromatic N) is 4. The number of carbonyl (C=O) groups is 1. The maximum Gasteiger partial charge on any atom is 0.227 e. The SMILES string of the molecule is Cc1noc(C)c1CC(=O)N1C[C@@H]2CN(Cc3ccn[nH]3)C[C@@H]2[C@H]1c1ccccc1. The van der Waals surface area contributed by atoms with Crippen molar-refractivity contribution in [2.45, 2.75) is 32.9 Å². The minimum atomic E-state index is 0.107. The van der Waals surface area contributed by atoms with Crippen molar-refractivity contribution < 1.29 is 9.32 Å². The molecule has 1 N–H and O–H groups in total. The summed E-state index contributed by atoms with van der Waals surface area (Å²) < 4.78 is 5.27. The van der Waals surface area contributed by atoms with Gasteiger partial charge in [-0.05, 0) is 31.4 Å². The summed E-state index contributed by atoms with van der Waals surface area (Å²) in [6, 6.07) is 12.6. The summed E-state index contributed by atoms with van der Waals surface area (Å²) in [4.78, 5) is 18.0. The number of hydrogen-bond acceptors (Lipinski definition) is 5. The van der Waals surface area contributed by atoms with E-state index in [0.717, 1.165) is 48.9 Å². The van der Waals surface area contributed by atoms with E-state index in [0.29, 0.717) is 18.3 Å². The molecule has 2 saturated heterocycles. The Kier molecular flexibility index (Phi) is 4.90. The highest BCUT2D eigenvalue weighted by atomic mass is 16.5. The van der Waals surface area contributed by atoms with Crippen LogP contribution in [-0.2, 0) is 17.8 Å². The second-order valence-electron chi connectivity index (χ2n) is 8.58. The third-order valence-electron chi connectivity index (χ3n) is 6.66. The molecule has 4 heterocycles. The van der Waals surface area contributed by atoms with Gasteiger partial charge in [0.25, 0.3) is 0 Å². The number of nitrogens with one attached hydrogen (secondary N) is 1. The minimum Gasteiger partial charge on any atom is -0.361 e. The fraction of sp³-hybridized carbons (Fsp3) is 0.435. The normalized spacial score (nSPS) is 23.8. The Balaban J connectivity index is 1.38. The molecule has 30 heavy (non-hydrogen) atoms. The molecule has 2 aliphatic rings. The number of aryl methyl sites for hydroxylation is 2. The van der Waals surface area contributed by atoms with E-state index >= 15 is 0 Å². The number of carbonyl (C=O) groups excluding carboxylic acids is 1. The quantitative estimate of drug-likeness (QED) is 0.706. The number of fused-ring (bicyclic) bond motifs is 1. The van der Waals surface area contributed by atoms with Gasteiger partial charge in [0.2, 0.25) is 5.91 Å². The molecular weight excluding hydrogens is 378 g/mol. The Morgan fingerprint density at radius 2 is 2.00 bits per heavy atom. The Morgan fingerprint density at radius 3 is 2.70 bits per heavy atom. The van der Waals surface area contributed by atoms with Gasteiger partial charge in [0, 0.05) is 49.6 Å². The maximum atomic E-state index is 13.4. The van der Waals surface area contributed by atoms with Gasteiger partial charge in [0.15, 0.2) is 0 Å². The molecule has 0 aliphatic carbocycles. The van der Waals surface area contributed by atoms with Crippen molar-refractivity contribution >= 4 is 5.91 Å². The molecular formula is C23H27N5O2. The lowest BCUT2D eigenvalue weighted by Gasteiger charge is -2.30. The van der Waals surface area contributed by atoms with E-state index in [1.54, 1.807) is 6.20 Å². The van der Waals surface area contributed by atoms with E-state index in [-0.39, 0.29) is 11.9 Å². The first-order valence-electron chi connectivity index (χ1n) is 10.6. The number of aromatic amines is 1. The van der Waals surface area contributed by atoms with Crippen molar-refractivity contribution in [3.8, 4) is 0 Å². The van der Waals surface area contributed by atoms with Gasteiger partial charge in [0.05, 0.1) is 18.2 Å². The van der Waals surface area contributed by atoms with E-state index < -0.39 is 0 Å². The molecule has 3 aromatic rings. The van der Waals surface area contributed by atoms with Crippen LogP contribution in [0.2, 0.25) is 0 Å². The zero-order valence-corrected chi connectivity index (χ0v) is 17.4. The van der Waals surface area contributed by atoms with Gasteiger partial charge in [-0.25, -0.2) is 0 Å². The zero-order chi connectivity index (χ0) is 20.7. The van der Waals surface area contributed by atoms with Crippen LogP contribution in [0.15, 0.2) is 47.1 Å². The summed E-state index contributed by atoms with van der Waals surface area (Å²) in [7, 11) is 0. The fourth-order valence-electron chi connectivity index (χ4n) is 5.22. The molecule has 7 nitrogen and oxygen atoms in total. The average molecular weight is 406 g/mol. The van der Waals surface area contributed by atoms with Crippen LogP contribution in [0.3, 0.4) is 0 Å². The zero-order valence-electron chi connectivity index (χ0n) is 17.4. The van der Waals surface area contributed by atoms with Crippen molar-refractivity contribution in [2.75, 3.05) is 19.6 Å². The van der Waals surface area contributed by atoms with Gasteiger partial charge in [-0.15, -0.1) is 0 Å². The summed E-state index contributed by atoms with van der Waals surface area (Å²) in [5.41, 5.74) is 4.09. The molecule has 0 saturated carbocycles. The van der Waals surface area contributed by atoms with Crippen LogP contribution in [0.4, 0.5) is 0 Å². The molecule has 1 aromatic carbocycles. The van der Waals surface area contributed by atoms with Crippen molar-refractivity contribution in [3.63, 3.8) is 0 Å². The van der Waals surface area contributed by atoms with Gasteiger partial charge < -0.3 is 9.42 Å². The van der Waals surface area contributed by atoms with Gasteiger partial charge in [-0.1, -0.05) is 35.5 Å². The van der Waals surface area contributed by atoms with E-state index in [1.807, 2.05) is 26.0 Å². The van der Waals surface area contributed by atoms with Crippen LogP contribution in [0.5, 0.6) is 0 Å². The third kappa shape index (κ3) is 3.43. The number of aromatic nitrogens is 3. The van der Waals surface area contributed by atoms with Gasteiger partial charge >= 0.3 is 0 Å². The molecule has 7 heteroatoms. The first kappa shape index (κ1) is 19.1. The van der Waals surface area contributed by atoms with Crippen LogP contribution in [0.25, 0.3) is 0 Å². The van der Waals surface area contributed by atoms with Crippen molar-refractivity contribution in [2.24, 2.45) is 11.8 Å². The lowest BCUT2D eigenvalue weighted by atomic mass is 9.89. The highest BCUT2D eigenvalue weighted by molar-refractivity contribution is 5.80. The van der Waals surface area contributed by atoms with E-state index in [1.165, 1.54) is 5.56 Å². The first-order valence-corrected chi connectivity index (χ1v) is 10.6. The van der Waals surface area contributed by atoms with Crippen LogP contribution >= 0.6 is 0 Å². The molecule has 156 valence electrons. The maximum absolute atomic E-state index is 13.4. The minimum absolute atomic E-state index is 0.107. The van der Waals surface area contributed by atoms with Gasteiger partial charge in [-0.3, -0.25) is 14.8 Å². The van der Waals surface area contributed by atoms with Crippen molar-refractivity contribution in [3.05, 3.63) is 70.9 Å². The number of amides is 1. The second-order valence-corrected chi connectivity index (χ2v) is 8.58. The lowest BCUT2D eigenvalue weighted by Crippen LogP contribution is -2.36. The van der Waals surface area contributed by atoms with Crippen molar-refractivity contribution in [1.29, 1.82) is 0 Å². The third-order valence-corrected chi connectivity index (χ3v) is 6.66. The Hall–Kier alpha value is -2.93. The Morgan fingerprint density at radius 1 is 1.17 bits per heavy atom. The van der Waals surface area contributed by atoms with Gasteiger partial charge in [0.1, 0.15) is 5.76 Å². The smallest absolute Gasteiger partial charge is 0.227 e. The number of H-pyrrole nitrogens is 1. The van der Waals surface area contributed by atoms with Crippen molar-refractivity contribution in [1.82, 2.24) is 25.2 Å². The lowest BCUT2D eigenvalue weighted by molar-refractivity contribution is -0.132. The summed E-state index contributed by atoms with van der Waals surface area (Å²) in [6.07, 6.45) is 2.15. The van der Waals surface area contributed by atoms with E-state index in [2.05, 4.69) is 49.4 Å². The Bertz CT molecular complexity index is 994. The molecule has 0 spiro atoms. The summed E-state index contributed by atoms with van der Waals surface area (Å²) >= 11 is 0. The number of rotatable bonds is 5. The fourth-order valence-corrected chi connectivity index (χ4v) is 5.22. The highest BCUT2D eigenvalue weighted by Gasteiger charge is 2.49. The predicted molar refractivity (Wildman–Crippen MR) is 111 cm³/mol. The van der Waals surface area contributed by atoms with E-state index in [4.69, 9.17) is 4.52 Å². The standard InChI is InChI=1S/C23H27N5O2/c1-15-20(16(2)30-26-15)10-22(29)28-12-18-11-27(13-19-8-9-24-25-19)14-21(18)23(28)17-6-4-3-5-7-17/h3-9,18,21,23H,10-14H2,1-2H3,(H,24,25)/t18-,21-,23+/m0/s1. The highest BCUT2D eigenvalue weighted by Crippen LogP contribution is 2.45. The largest absolute Gasteiger partial charge is 0.361 e. The van der Waals surface area contributed by atoms with Crippen LogP contribution < -0.4 is 0 Å². The average Bonchev–Trinajstić information content (AvgIpc) is 3.51.